The number of rotatable bonds is 3. The lowest BCUT2D eigenvalue weighted by Gasteiger charge is -2.09. The molecule has 1 heterocycles. The maximum absolute atomic E-state index is 12.5. The van der Waals surface area contributed by atoms with Crippen molar-refractivity contribution in [3.05, 3.63) is 21.0 Å². The molecule has 0 amide bonds. The minimum atomic E-state index is -2.73. The van der Waals surface area contributed by atoms with E-state index >= 15 is 0 Å². The average molecular weight is 313 g/mol. The number of aromatic nitrogens is 1. The Morgan fingerprint density at radius 3 is 2.71 bits per heavy atom. The van der Waals surface area contributed by atoms with Crippen LogP contribution in [0.2, 0.25) is 0 Å². The first-order chi connectivity index (χ1) is 6.61. The highest BCUT2D eigenvalue weighted by atomic mass is 127. The number of pyridine rings is 1. The van der Waals surface area contributed by atoms with Crippen LogP contribution in [0.5, 0.6) is 5.75 Å². The van der Waals surface area contributed by atoms with Gasteiger partial charge in [-0.1, -0.05) is 0 Å². The molecule has 0 saturated carbocycles. The molecule has 14 heavy (non-hydrogen) atoms. The Hall–Kier alpha value is -0.790. The lowest BCUT2D eigenvalue weighted by Crippen LogP contribution is -2.02. The number of nitrogens with zero attached hydrogens (tertiary/aromatic N) is 1. The highest BCUT2D eigenvalue weighted by Gasteiger charge is 2.21. The topological polar surface area (TPSA) is 39.2 Å². The van der Waals surface area contributed by atoms with Crippen molar-refractivity contribution in [3.63, 3.8) is 0 Å². The zero-order valence-corrected chi connectivity index (χ0v) is 9.29. The number of halogens is 3. The summed E-state index contributed by atoms with van der Waals surface area (Å²) in [5, 5.41) is 0. The molecular formula is C8H6F2INO2. The van der Waals surface area contributed by atoms with Crippen LogP contribution in [0.3, 0.4) is 0 Å². The Kier molecular flexibility index (Phi) is 3.73. The number of ether oxygens (including phenoxy) is 1. The average Bonchev–Trinajstić information content (AvgIpc) is 2.16. The highest BCUT2D eigenvalue weighted by molar-refractivity contribution is 14.1. The third-order valence-electron chi connectivity index (χ3n) is 1.63. The fraction of sp³-hybridized carbons (Fsp3) is 0.250. The number of alkyl halides is 2. The molecule has 3 nitrogen and oxygen atoms in total. The summed E-state index contributed by atoms with van der Waals surface area (Å²) in [5.74, 6) is 0.0655. The summed E-state index contributed by atoms with van der Waals surface area (Å²) in [4.78, 5) is 14.3. The standard InChI is InChI=1S/C8H6F2INO2/c1-14-5-2-12-8(11)6(7(9)10)4(5)3-13/h2-3,7H,1H3. The molecule has 0 fully saturated rings. The Morgan fingerprint density at radius 2 is 2.29 bits per heavy atom. The van der Waals surface area contributed by atoms with E-state index in [4.69, 9.17) is 4.74 Å². The fourth-order valence-corrected chi connectivity index (χ4v) is 1.66. The van der Waals surface area contributed by atoms with Crippen molar-refractivity contribution in [1.82, 2.24) is 4.98 Å². The molecule has 0 atom stereocenters. The van der Waals surface area contributed by atoms with E-state index in [1.807, 2.05) is 0 Å². The maximum atomic E-state index is 12.5. The van der Waals surface area contributed by atoms with Crippen LogP contribution >= 0.6 is 22.6 Å². The summed E-state index contributed by atoms with van der Waals surface area (Å²) in [6.45, 7) is 0. The van der Waals surface area contributed by atoms with E-state index in [0.29, 0.717) is 6.29 Å². The molecule has 1 rings (SSSR count). The summed E-state index contributed by atoms with van der Waals surface area (Å²) < 4.78 is 29.9. The van der Waals surface area contributed by atoms with E-state index in [1.165, 1.54) is 13.3 Å². The van der Waals surface area contributed by atoms with E-state index in [-0.39, 0.29) is 20.6 Å². The van der Waals surface area contributed by atoms with Gasteiger partial charge in [-0.3, -0.25) is 4.79 Å². The second-order valence-electron chi connectivity index (χ2n) is 2.36. The van der Waals surface area contributed by atoms with Gasteiger partial charge >= 0.3 is 0 Å². The van der Waals surface area contributed by atoms with Gasteiger partial charge in [-0.25, -0.2) is 13.8 Å². The Morgan fingerprint density at radius 1 is 1.64 bits per heavy atom. The molecule has 0 spiro atoms. The number of carbonyl (C=O) groups excluding carboxylic acids is 1. The lowest BCUT2D eigenvalue weighted by molar-refractivity contribution is 0.110. The summed E-state index contributed by atoms with van der Waals surface area (Å²) >= 11 is 1.65. The zero-order valence-electron chi connectivity index (χ0n) is 7.13. The number of carbonyl (C=O) groups is 1. The first-order valence-corrected chi connectivity index (χ1v) is 4.65. The van der Waals surface area contributed by atoms with Crippen LogP contribution in [-0.2, 0) is 0 Å². The molecular weight excluding hydrogens is 307 g/mol. The minimum Gasteiger partial charge on any atom is -0.494 e. The summed E-state index contributed by atoms with van der Waals surface area (Å²) in [6, 6.07) is 0. The van der Waals surface area contributed by atoms with Gasteiger partial charge in [0.2, 0.25) is 0 Å². The molecule has 1 aromatic heterocycles. The van der Waals surface area contributed by atoms with Crippen LogP contribution in [0, 0.1) is 3.70 Å². The Labute approximate surface area is 92.6 Å². The molecule has 0 radical (unpaired) electrons. The lowest BCUT2D eigenvalue weighted by atomic mass is 10.1. The van der Waals surface area contributed by atoms with E-state index in [1.54, 1.807) is 22.6 Å². The van der Waals surface area contributed by atoms with Crippen LogP contribution < -0.4 is 4.74 Å². The van der Waals surface area contributed by atoms with Gasteiger partial charge in [-0.15, -0.1) is 0 Å². The number of hydrogen-bond donors (Lipinski definition) is 0. The zero-order chi connectivity index (χ0) is 10.7. The smallest absolute Gasteiger partial charge is 0.267 e. The van der Waals surface area contributed by atoms with Gasteiger partial charge in [-0.05, 0) is 22.6 Å². The molecule has 0 aliphatic rings. The van der Waals surface area contributed by atoms with Crippen molar-refractivity contribution in [2.24, 2.45) is 0 Å². The molecule has 6 heteroatoms. The molecule has 0 aliphatic heterocycles. The highest BCUT2D eigenvalue weighted by Crippen LogP contribution is 2.30. The van der Waals surface area contributed by atoms with Gasteiger partial charge in [0.05, 0.1) is 24.4 Å². The molecule has 0 aromatic carbocycles. The van der Waals surface area contributed by atoms with Crippen LogP contribution in [0.4, 0.5) is 8.78 Å². The molecule has 0 unspecified atom stereocenters. The molecule has 0 bridgehead atoms. The fourth-order valence-electron chi connectivity index (χ4n) is 0.990. The van der Waals surface area contributed by atoms with Crippen LogP contribution in [0.1, 0.15) is 22.3 Å². The quantitative estimate of drug-likeness (QED) is 0.489. The van der Waals surface area contributed by atoms with E-state index < -0.39 is 6.43 Å². The normalized spacial score (nSPS) is 10.4. The van der Waals surface area contributed by atoms with Crippen LogP contribution in [0.25, 0.3) is 0 Å². The van der Waals surface area contributed by atoms with Crippen molar-refractivity contribution in [2.75, 3.05) is 7.11 Å². The van der Waals surface area contributed by atoms with Crippen LogP contribution in [-0.4, -0.2) is 18.4 Å². The largest absolute Gasteiger partial charge is 0.494 e. The van der Waals surface area contributed by atoms with E-state index in [9.17, 15) is 13.6 Å². The second-order valence-corrected chi connectivity index (χ2v) is 3.39. The predicted octanol–water partition coefficient (Wildman–Crippen LogP) is 2.44. The third-order valence-corrected chi connectivity index (χ3v) is 2.49. The predicted molar refractivity (Wildman–Crippen MR) is 53.9 cm³/mol. The first-order valence-electron chi connectivity index (χ1n) is 3.57. The van der Waals surface area contributed by atoms with Crippen molar-refractivity contribution in [3.8, 4) is 5.75 Å². The van der Waals surface area contributed by atoms with Gasteiger partial charge in [-0.2, -0.15) is 0 Å². The van der Waals surface area contributed by atoms with Crippen molar-refractivity contribution >= 4 is 28.9 Å². The van der Waals surface area contributed by atoms with Crippen molar-refractivity contribution in [1.29, 1.82) is 0 Å². The van der Waals surface area contributed by atoms with Gasteiger partial charge < -0.3 is 4.74 Å². The SMILES string of the molecule is COc1cnc(I)c(C(F)F)c1C=O. The van der Waals surface area contributed by atoms with Crippen molar-refractivity contribution in [2.45, 2.75) is 6.43 Å². The molecule has 0 aliphatic carbocycles. The number of aldehydes is 1. The second kappa shape index (κ2) is 4.63. The number of hydrogen-bond acceptors (Lipinski definition) is 3. The van der Waals surface area contributed by atoms with Gasteiger partial charge in [0.1, 0.15) is 9.45 Å². The molecule has 1 aromatic rings. The molecule has 0 N–H and O–H groups in total. The van der Waals surface area contributed by atoms with E-state index in [2.05, 4.69) is 4.98 Å². The van der Waals surface area contributed by atoms with Crippen LogP contribution in [0.15, 0.2) is 6.20 Å². The Bertz CT molecular complexity index is 357. The maximum Gasteiger partial charge on any atom is 0.267 e. The van der Waals surface area contributed by atoms with Crippen molar-refractivity contribution < 1.29 is 18.3 Å². The summed E-state index contributed by atoms with van der Waals surface area (Å²) in [6.07, 6.45) is -1.13. The third kappa shape index (κ3) is 1.99. The van der Waals surface area contributed by atoms with Gasteiger partial charge in [0.15, 0.2) is 6.29 Å². The summed E-state index contributed by atoms with van der Waals surface area (Å²) in [7, 11) is 1.30. The van der Waals surface area contributed by atoms with E-state index in [0.717, 1.165) is 0 Å². The minimum absolute atomic E-state index is 0.0655. The first kappa shape index (κ1) is 11.3. The summed E-state index contributed by atoms with van der Waals surface area (Å²) in [5.41, 5.74) is -0.512. The monoisotopic (exact) mass is 313 g/mol. The number of methoxy groups -OCH3 is 1. The Balaban J connectivity index is 3.42. The van der Waals surface area contributed by atoms with Gasteiger partial charge in [0.25, 0.3) is 6.43 Å². The van der Waals surface area contributed by atoms with Gasteiger partial charge in [0, 0.05) is 0 Å². The molecule has 76 valence electrons. The molecule has 0 saturated heterocycles.